The van der Waals surface area contributed by atoms with Crippen LogP contribution in [0.5, 0.6) is 0 Å². The van der Waals surface area contributed by atoms with Crippen molar-refractivity contribution in [2.24, 2.45) is 5.92 Å². The largest absolute Gasteiger partial charge is 0.344 e. The second kappa shape index (κ2) is 4.43. The van der Waals surface area contributed by atoms with Gasteiger partial charge in [0.15, 0.2) is 0 Å². The highest BCUT2D eigenvalue weighted by Gasteiger charge is 2.25. The predicted octanol–water partition coefficient (Wildman–Crippen LogP) is 0.444. The van der Waals surface area contributed by atoms with E-state index in [0.29, 0.717) is 0 Å². The molecule has 2 fully saturated rings. The maximum absolute atomic E-state index is 2.73. The van der Waals surface area contributed by atoms with Crippen LogP contribution in [-0.2, 0) is 0 Å². The lowest BCUT2D eigenvalue weighted by Crippen LogP contribution is -2.90. The Morgan fingerprint density at radius 2 is 1.62 bits per heavy atom. The monoisotopic (exact) mass is 183 g/mol. The molecular weight excluding hydrogens is 160 g/mol. The van der Waals surface area contributed by atoms with Gasteiger partial charge in [0.05, 0.1) is 13.1 Å². The molecule has 2 rings (SSSR count). The van der Waals surface area contributed by atoms with Crippen LogP contribution >= 0.6 is 0 Å². The van der Waals surface area contributed by atoms with Crippen LogP contribution in [0.15, 0.2) is 0 Å². The molecule has 1 saturated heterocycles. The van der Waals surface area contributed by atoms with Crippen LogP contribution in [0.3, 0.4) is 0 Å². The van der Waals surface area contributed by atoms with E-state index < -0.39 is 0 Å². The van der Waals surface area contributed by atoms with Gasteiger partial charge in [0, 0.05) is 19.1 Å². The van der Waals surface area contributed by atoms with Gasteiger partial charge in [0.25, 0.3) is 0 Å². The molecule has 1 aliphatic carbocycles. The van der Waals surface area contributed by atoms with Crippen molar-refractivity contribution in [2.45, 2.75) is 38.6 Å². The predicted molar refractivity (Wildman–Crippen MR) is 54.7 cm³/mol. The van der Waals surface area contributed by atoms with Crippen LogP contribution in [0, 0.1) is 5.92 Å². The molecular formula is C11H23N2+. The Labute approximate surface area is 81.7 Å². The van der Waals surface area contributed by atoms with Gasteiger partial charge < -0.3 is 5.32 Å². The smallest absolute Gasteiger partial charge is 0.0885 e. The van der Waals surface area contributed by atoms with Crippen molar-refractivity contribution in [3.8, 4) is 0 Å². The molecule has 0 atom stereocenters. The molecule has 0 aromatic heterocycles. The fraction of sp³-hybridized carbons (Fsp3) is 1.00. The van der Waals surface area contributed by atoms with Crippen LogP contribution in [0.2, 0.25) is 0 Å². The summed E-state index contributed by atoms with van der Waals surface area (Å²) in [6.45, 7) is 7.72. The first kappa shape index (κ1) is 9.47. The summed E-state index contributed by atoms with van der Waals surface area (Å²) >= 11 is 0. The van der Waals surface area contributed by atoms with Crippen LogP contribution in [0.25, 0.3) is 0 Å². The zero-order valence-corrected chi connectivity index (χ0v) is 8.84. The Balaban J connectivity index is 1.79. The average molecular weight is 183 g/mol. The van der Waals surface area contributed by atoms with Crippen molar-refractivity contribution in [1.29, 1.82) is 0 Å². The molecule has 0 aromatic carbocycles. The van der Waals surface area contributed by atoms with Crippen LogP contribution in [-0.4, -0.2) is 37.1 Å². The minimum absolute atomic E-state index is 0.935. The van der Waals surface area contributed by atoms with Gasteiger partial charge in [0.2, 0.25) is 0 Å². The zero-order valence-electron chi connectivity index (χ0n) is 8.84. The number of hydrogen-bond donors (Lipinski definition) is 1. The van der Waals surface area contributed by atoms with E-state index in [1.807, 2.05) is 0 Å². The van der Waals surface area contributed by atoms with E-state index in [4.69, 9.17) is 0 Å². The van der Waals surface area contributed by atoms with Gasteiger partial charge in [-0.05, 0) is 31.6 Å². The van der Waals surface area contributed by atoms with Crippen LogP contribution in [0.4, 0.5) is 0 Å². The summed E-state index contributed by atoms with van der Waals surface area (Å²) < 4.78 is 0. The minimum Gasteiger partial charge on any atom is -0.344 e. The van der Waals surface area contributed by atoms with E-state index in [-0.39, 0.29) is 0 Å². The lowest BCUT2D eigenvalue weighted by Gasteiger charge is -2.37. The molecule has 0 unspecified atom stereocenters. The molecule has 1 heterocycles. The second-order valence-corrected chi connectivity index (χ2v) is 4.82. The van der Waals surface area contributed by atoms with Gasteiger partial charge in [-0.15, -0.1) is 0 Å². The van der Waals surface area contributed by atoms with E-state index in [1.165, 1.54) is 51.9 Å². The molecule has 0 spiro atoms. The topological polar surface area (TPSA) is 19.9 Å². The molecule has 0 radical (unpaired) electrons. The number of hydrogen-bond acceptors (Lipinski definition) is 1. The van der Waals surface area contributed by atoms with E-state index in [9.17, 15) is 0 Å². The van der Waals surface area contributed by atoms with Crippen LogP contribution in [0.1, 0.15) is 32.6 Å². The van der Waals surface area contributed by atoms with Crippen molar-refractivity contribution < 1.29 is 5.32 Å². The fourth-order valence-corrected chi connectivity index (χ4v) is 2.74. The van der Waals surface area contributed by atoms with Gasteiger partial charge in [-0.3, -0.25) is 4.90 Å². The van der Waals surface area contributed by atoms with Crippen molar-refractivity contribution >= 4 is 0 Å². The molecule has 2 N–H and O–H groups in total. The van der Waals surface area contributed by atoms with Crippen molar-refractivity contribution in [2.75, 3.05) is 26.2 Å². The number of quaternary nitrogens is 1. The molecule has 2 nitrogen and oxygen atoms in total. The highest BCUT2D eigenvalue weighted by atomic mass is 15.2. The first-order valence-corrected chi connectivity index (χ1v) is 5.92. The summed E-state index contributed by atoms with van der Waals surface area (Å²) in [5, 5.41) is 2.45. The number of nitrogens with zero attached hydrogens (tertiary/aromatic N) is 1. The Kier molecular flexibility index (Phi) is 3.23. The fourth-order valence-electron chi connectivity index (χ4n) is 2.74. The lowest BCUT2D eigenvalue weighted by molar-refractivity contribution is -0.663. The Morgan fingerprint density at radius 1 is 1.00 bits per heavy atom. The molecule has 0 bridgehead atoms. The minimum atomic E-state index is 0.935. The molecule has 13 heavy (non-hydrogen) atoms. The number of piperazine rings is 1. The molecule has 2 aliphatic rings. The molecule has 0 aromatic rings. The third kappa shape index (κ3) is 2.44. The van der Waals surface area contributed by atoms with Gasteiger partial charge in [-0.2, -0.15) is 0 Å². The van der Waals surface area contributed by atoms with Gasteiger partial charge in [0.1, 0.15) is 0 Å². The average Bonchev–Trinajstić information content (AvgIpc) is 2.20. The maximum Gasteiger partial charge on any atom is 0.0885 e. The molecule has 1 saturated carbocycles. The van der Waals surface area contributed by atoms with E-state index in [2.05, 4.69) is 17.1 Å². The summed E-state index contributed by atoms with van der Waals surface area (Å²) in [7, 11) is 0. The van der Waals surface area contributed by atoms with Crippen LogP contribution < -0.4 is 5.32 Å². The number of nitrogens with two attached hydrogens (primary N) is 1. The quantitative estimate of drug-likeness (QED) is 0.625. The third-order valence-electron chi connectivity index (χ3n) is 3.74. The van der Waals surface area contributed by atoms with Gasteiger partial charge >= 0.3 is 0 Å². The summed E-state index contributed by atoms with van der Waals surface area (Å²) in [5.41, 5.74) is 0. The first-order chi connectivity index (χ1) is 6.36. The first-order valence-electron chi connectivity index (χ1n) is 5.92. The molecule has 2 heteroatoms. The SMILES string of the molecule is CC1CCC(N2CC[NH2+]CC2)CC1. The highest BCUT2D eigenvalue weighted by Crippen LogP contribution is 2.26. The molecule has 76 valence electrons. The second-order valence-electron chi connectivity index (χ2n) is 4.82. The Hall–Kier alpha value is -0.0800. The standard InChI is InChI=1S/C11H22N2/c1-10-2-4-11(5-3-10)13-8-6-12-7-9-13/h10-12H,2-9H2,1H3/p+1. The number of rotatable bonds is 1. The molecule has 1 aliphatic heterocycles. The summed E-state index contributed by atoms with van der Waals surface area (Å²) in [5.74, 6) is 0.993. The molecule has 0 amide bonds. The van der Waals surface area contributed by atoms with Gasteiger partial charge in [-0.1, -0.05) is 6.92 Å². The Bertz CT molecular complexity index is 144. The van der Waals surface area contributed by atoms with E-state index in [1.54, 1.807) is 0 Å². The van der Waals surface area contributed by atoms with E-state index >= 15 is 0 Å². The summed E-state index contributed by atoms with van der Waals surface area (Å²) in [4.78, 5) is 2.73. The Morgan fingerprint density at radius 3 is 2.23 bits per heavy atom. The zero-order chi connectivity index (χ0) is 9.10. The van der Waals surface area contributed by atoms with Crippen molar-refractivity contribution in [3.63, 3.8) is 0 Å². The lowest BCUT2D eigenvalue weighted by atomic mass is 9.86. The summed E-state index contributed by atoms with van der Waals surface area (Å²) in [6, 6.07) is 0.935. The van der Waals surface area contributed by atoms with E-state index in [0.717, 1.165) is 12.0 Å². The third-order valence-corrected chi connectivity index (χ3v) is 3.74. The van der Waals surface area contributed by atoms with Gasteiger partial charge in [-0.25, -0.2) is 0 Å². The maximum atomic E-state index is 2.73. The summed E-state index contributed by atoms with van der Waals surface area (Å²) in [6.07, 6.45) is 5.85. The normalized spacial score (nSPS) is 37.6. The van der Waals surface area contributed by atoms with Crippen molar-refractivity contribution in [3.05, 3.63) is 0 Å². The van der Waals surface area contributed by atoms with Crippen molar-refractivity contribution in [1.82, 2.24) is 4.90 Å². The highest BCUT2D eigenvalue weighted by molar-refractivity contribution is 4.78.